The van der Waals surface area contributed by atoms with Gasteiger partial charge in [-0.2, -0.15) is 12.6 Å². The third kappa shape index (κ3) is 2.81. The predicted octanol–water partition coefficient (Wildman–Crippen LogP) is 0.516. The van der Waals surface area contributed by atoms with Crippen molar-refractivity contribution in [2.45, 2.75) is 43.3 Å². The van der Waals surface area contributed by atoms with Gasteiger partial charge in [0.1, 0.15) is 6.04 Å². The Labute approximate surface area is 139 Å². The Bertz CT molecular complexity index is 656. The standard InChI is InChI=1S/C16H18N2O4S/c1-16(2,23)12-15(21)22-14-11(13(20)18(12)14)17-10(19)8-9-6-4-3-5-7-9/h3-7,11-12,14,23H,8H2,1-2H3,(H,17,19)/t11-,12+,14-/m1/s1. The molecule has 1 N–H and O–H groups in total. The number of thiol groups is 1. The number of nitrogens with one attached hydrogen (secondary N) is 1. The van der Waals surface area contributed by atoms with Crippen molar-refractivity contribution < 1.29 is 19.1 Å². The number of β-lactam (4-membered cyclic amide) rings is 1. The summed E-state index contributed by atoms with van der Waals surface area (Å²) in [5, 5.41) is 2.65. The summed E-state index contributed by atoms with van der Waals surface area (Å²) in [7, 11) is 0. The second-order valence-electron chi connectivity index (χ2n) is 6.34. The smallest absolute Gasteiger partial charge is 0.332 e. The van der Waals surface area contributed by atoms with Crippen molar-refractivity contribution in [2.75, 3.05) is 0 Å². The Morgan fingerprint density at radius 2 is 1.96 bits per heavy atom. The summed E-state index contributed by atoms with van der Waals surface area (Å²) in [6.45, 7) is 3.50. The minimum absolute atomic E-state index is 0.173. The molecule has 2 aliphatic heterocycles. The van der Waals surface area contributed by atoms with Crippen LogP contribution < -0.4 is 5.32 Å². The van der Waals surface area contributed by atoms with Gasteiger partial charge in [0.15, 0.2) is 6.04 Å². The maximum absolute atomic E-state index is 12.3. The SMILES string of the molecule is CC(C)(S)[C@@H]1C(=O)O[C@@H]2[C@H](NC(=O)Cc3ccccc3)C(=O)N21. The molecule has 122 valence electrons. The molecule has 0 radical (unpaired) electrons. The molecule has 0 unspecified atom stereocenters. The molecule has 1 aromatic carbocycles. The number of rotatable bonds is 4. The van der Waals surface area contributed by atoms with Crippen molar-refractivity contribution in [2.24, 2.45) is 0 Å². The summed E-state index contributed by atoms with van der Waals surface area (Å²) in [4.78, 5) is 37.7. The lowest BCUT2D eigenvalue weighted by Gasteiger charge is -2.44. The first kappa shape index (κ1) is 15.9. The molecule has 6 nitrogen and oxygen atoms in total. The van der Waals surface area contributed by atoms with E-state index in [2.05, 4.69) is 17.9 Å². The molecule has 0 saturated carbocycles. The van der Waals surface area contributed by atoms with Gasteiger partial charge in [-0.1, -0.05) is 30.3 Å². The van der Waals surface area contributed by atoms with Crippen LogP contribution >= 0.6 is 12.6 Å². The lowest BCUT2D eigenvalue weighted by atomic mass is 9.96. The lowest BCUT2D eigenvalue weighted by Crippen LogP contribution is -2.72. The molecule has 2 fully saturated rings. The molecular weight excluding hydrogens is 316 g/mol. The molecule has 3 rings (SSSR count). The Hall–Kier alpha value is -2.02. The van der Waals surface area contributed by atoms with Crippen LogP contribution in [0.15, 0.2) is 30.3 Å². The average Bonchev–Trinajstić information content (AvgIpc) is 2.80. The van der Waals surface area contributed by atoms with Gasteiger partial charge in [-0.3, -0.25) is 14.5 Å². The Morgan fingerprint density at radius 3 is 2.57 bits per heavy atom. The second-order valence-corrected chi connectivity index (χ2v) is 7.49. The lowest BCUT2D eigenvalue weighted by molar-refractivity contribution is -0.169. The predicted molar refractivity (Wildman–Crippen MR) is 85.7 cm³/mol. The highest BCUT2D eigenvalue weighted by molar-refractivity contribution is 7.81. The zero-order chi connectivity index (χ0) is 16.8. The van der Waals surface area contributed by atoms with E-state index in [1.54, 1.807) is 13.8 Å². The van der Waals surface area contributed by atoms with E-state index in [4.69, 9.17) is 4.74 Å². The summed E-state index contributed by atoms with van der Waals surface area (Å²) in [5.74, 6) is -1.07. The largest absolute Gasteiger partial charge is 0.437 e. The number of benzene rings is 1. The molecule has 3 atom stereocenters. The van der Waals surface area contributed by atoms with E-state index < -0.39 is 29.0 Å². The normalized spacial score (nSPS) is 26.4. The van der Waals surface area contributed by atoms with Gasteiger partial charge in [0.25, 0.3) is 5.91 Å². The number of ether oxygens (including phenoxy) is 1. The van der Waals surface area contributed by atoms with Gasteiger partial charge in [-0.05, 0) is 19.4 Å². The Kier molecular flexibility index (Phi) is 3.83. The monoisotopic (exact) mass is 334 g/mol. The topological polar surface area (TPSA) is 75.7 Å². The highest BCUT2D eigenvalue weighted by atomic mass is 32.1. The van der Waals surface area contributed by atoms with E-state index in [0.717, 1.165) is 5.56 Å². The fraction of sp³-hybridized carbons (Fsp3) is 0.438. The van der Waals surface area contributed by atoms with Gasteiger partial charge in [-0.25, -0.2) is 4.79 Å². The van der Waals surface area contributed by atoms with Crippen molar-refractivity contribution in [3.05, 3.63) is 35.9 Å². The number of nitrogens with zero attached hydrogens (tertiary/aromatic N) is 1. The van der Waals surface area contributed by atoms with E-state index in [-0.39, 0.29) is 18.2 Å². The fourth-order valence-corrected chi connectivity index (χ4v) is 3.18. The highest BCUT2D eigenvalue weighted by Gasteiger charge is 2.63. The van der Waals surface area contributed by atoms with Crippen molar-refractivity contribution in [3.8, 4) is 0 Å². The van der Waals surface area contributed by atoms with Gasteiger partial charge in [0.05, 0.1) is 6.42 Å². The second kappa shape index (κ2) is 5.56. The number of hydrogen-bond acceptors (Lipinski definition) is 5. The van der Waals surface area contributed by atoms with Gasteiger partial charge in [0, 0.05) is 4.75 Å². The van der Waals surface area contributed by atoms with E-state index >= 15 is 0 Å². The van der Waals surface area contributed by atoms with Crippen LogP contribution in [-0.4, -0.2) is 45.7 Å². The number of esters is 1. The van der Waals surface area contributed by atoms with E-state index in [1.807, 2.05) is 30.3 Å². The summed E-state index contributed by atoms with van der Waals surface area (Å²) in [6, 6.07) is 7.69. The quantitative estimate of drug-likeness (QED) is 0.478. The minimum atomic E-state index is -0.809. The molecular formula is C16H18N2O4S. The maximum Gasteiger partial charge on any atom is 0.332 e. The minimum Gasteiger partial charge on any atom is -0.437 e. The summed E-state index contributed by atoms with van der Waals surface area (Å²) in [5.41, 5.74) is 0.853. The van der Waals surface area contributed by atoms with E-state index in [9.17, 15) is 14.4 Å². The number of hydrogen-bond donors (Lipinski definition) is 2. The highest BCUT2D eigenvalue weighted by Crippen LogP contribution is 2.38. The van der Waals surface area contributed by atoms with Gasteiger partial charge in [-0.15, -0.1) is 0 Å². The third-order valence-corrected chi connectivity index (χ3v) is 4.26. The molecule has 7 heteroatoms. The summed E-state index contributed by atoms with van der Waals surface area (Å²) < 4.78 is 4.53. The fourth-order valence-electron chi connectivity index (χ4n) is 2.95. The number of carbonyl (C=O) groups is 3. The molecule has 0 aromatic heterocycles. The Balaban J connectivity index is 1.65. The first-order valence-corrected chi connectivity index (χ1v) is 7.82. The molecule has 0 bridgehead atoms. The van der Waals surface area contributed by atoms with Gasteiger partial charge in [0.2, 0.25) is 12.1 Å². The van der Waals surface area contributed by atoms with Crippen LogP contribution in [0.5, 0.6) is 0 Å². The maximum atomic E-state index is 12.3. The zero-order valence-electron chi connectivity index (χ0n) is 12.9. The molecule has 2 amide bonds. The molecule has 2 heterocycles. The van der Waals surface area contributed by atoms with Crippen molar-refractivity contribution >= 4 is 30.4 Å². The van der Waals surface area contributed by atoms with Crippen LogP contribution in [0.2, 0.25) is 0 Å². The van der Waals surface area contributed by atoms with Crippen LogP contribution in [0.3, 0.4) is 0 Å². The third-order valence-electron chi connectivity index (χ3n) is 4.01. The molecule has 0 spiro atoms. The van der Waals surface area contributed by atoms with E-state index in [1.165, 1.54) is 4.90 Å². The van der Waals surface area contributed by atoms with Crippen LogP contribution in [0, 0.1) is 0 Å². The van der Waals surface area contributed by atoms with Crippen LogP contribution in [-0.2, 0) is 25.5 Å². The van der Waals surface area contributed by atoms with Crippen molar-refractivity contribution in [1.82, 2.24) is 10.2 Å². The van der Waals surface area contributed by atoms with Crippen LogP contribution in [0.4, 0.5) is 0 Å². The zero-order valence-corrected chi connectivity index (χ0v) is 13.7. The molecule has 2 aliphatic rings. The van der Waals surface area contributed by atoms with Crippen molar-refractivity contribution in [3.63, 3.8) is 0 Å². The van der Waals surface area contributed by atoms with Gasteiger partial charge >= 0.3 is 5.97 Å². The van der Waals surface area contributed by atoms with Gasteiger partial charge < -0.3 is 10.1 Å². The van der Waals surface area contributed by atoms with E-state index in [0.29, 0.717) is 0 Å². The first-order chi connectivity index (χ1) is 10.8. The summed E-state index contributed by atoms with van der Waals surface area (Å²) in [6.07, 6.45) is -0.557. The Morgan fingerprint density at radius 1 is 1.30 bits per heavy atom. The average molecular weight is 334 g/mol. The molecule has 1 aromatic rings. The number of amides is 2. The van der Waals surface area contributed by atoms with Crippen LogP contribution in [0.25, 0.3) is 0 Å². The molecule has 23 heavy (non-hydrogen) atoms. The van der Waals surface area contributed by atoms with Crippen molar-refractivity contribution in [1.29, 1.82) is 0 Å². The number of carbonyl (C=O) groups excluding carboxylic acids is 3. The first-order valence-electron chi connectivity index (χ1n) is 7.37. The number of fused-ring (bicyclic) bond motifs is 1. The molecule has 0 aliphatic carbocycles. The molecule has 2 saturated heterocycles. The summed E-state index contributed by atoms with van der Waals surface area (Å²) >= 11 is 4.37. The van der Waals surface area contributed by atoms with Crippen LogP contribution in [0.1, 0.15) is 19.4 Å².